The van der Waals surface area contributed by atoms with E-state index in [2.05, 4.69) is 45.8 Å². The van der Waals surface area contributed by atoms with Crippen molar-refractivity contribution in [3.8, 4) is 0 Å². The molecule has 3 rings (SSSR count). The molecule has 0 amide bonds. The molecule has 6 nitrogen and oxygen atoms in total. The number of nitrogen functional groups attached to an aromatic ring is 1. The molecule has 0 aliphatic carbocycles. The summed E-state index contributed by atoms with van der Waals surface area (Å²) in [5.74, 6) is 7.24. The molecule has 1 aromatic heterocycles. The van der Waals surface area contributed by atoms with Gasteiger partial charge in [0, 0.05) is 5.75 Å². The van der Waals surface area contributed by atoms with E-state index >= 15 is 0 Å². The van der Waals surface area contributed by atoms with Crippen LogP contribution in [0.1, 0.15) is 23.6 Å². The van der Waals surface area contributed by atoms with Crippen molar-refractivity contribution in [2.75, 3.05) is 11.3 Å². The van der Waals surface area contributed by atoms with E-state index in [4.69, 9.17) is 5.84 Å². The highest BCUT2D eigenvalue weighted by molar-refractivity contribution is 7.98. The molecule has 0 atom stereocenters. The summed E-state index contributed by atoms with van der Waals surface area (Å²) in [6.07, 6.45) is 3.92. The van der Waals surface area contributed by atoms with Gasteiger partial charge in [-0.15, -0.1) is 10.2 Å². The second-order valence-corrected chi connectivity index (χ2v) is 7.01. The largest absolute Gasteiger partial charge is 0.334 e. The summed E-state index contributed by atoms with van der Waals surface area (Å²) in [6, 6.07) is 18.4. The van der Waals surface area contributed by atoms with Crippen molar-refractivity contribution in [3.63, 3.8) is 0 Å². The minimum absolute atomic E-state index is 0.397. The fraction of sp³-hybridized carbons (Fsp3) is 0.150. The number of hydrogen-bond donors (Lipinski definition) is 2. The monoisotopic (exact) mass is 378 g/mol. The Hall–Kier alpha value is -3.06. The molecular weight excluding hydrogens is 356 g/mol. The SMILES string of the molecule is CC(/C=C/c1ccccc1)=N\Nc1nnc(SCc2cccc(C)c2)n1N. The number of nitrogens with one attached hydrogen (secondary N) is 1. The average molecular weight is 379 g/mol. The number of nitrogens with two attached hydrogens (primary N) is 1. The third kappa shape index (κ3) is 5.46. The van der Waals surface area contributed by atoms with Crippen LogP contribution in [0.25, 0.3) is 6.08 Å². The second-order valence-electron chi connectivity index (χ2n) is 6.06. The van der Waals surface area contributed by atoms with Crippen molar-refractivity contribution in [2.24, 2.45) is 5.10 Å². The molecule has 0 radical (unpaired) electrons. The number of aromatic nitrogens is 3. The van der Waals surface area contributed by atoms with Crippen LogP contribution in [-0.2, 0) is 5.75 Å². The summed E-state index contributed by atoms with van der Waals surface area (Å²) in [7, 11) is 0. The first kappa shape index (κ1) is 18.7. The molecule has 3 aromatic rings. The molecule has 1 heterocycles. The van der Waals surface area contributed by atoms with Crippen molar-refractivity contribution >= 4 is 29.5 Å². The molecule has 0 aliphatic rings. The van der Waals surface area contributed by atoms with Gasteiger partial charge < -0.3 is 5.84 Å². The van der Waals surface area contributed by atoms with E-state index in [1.165, 1.54) is 27.6 Å². The molecule has 0 saturated carbocycles. The Morgan fingerprint density at radius 2 is 2.00 bits per heavy atom. The summed E-state index contributed by atoms with van der Waals surface area (Å²) in [4.78, 5) is 0. The normalized spacial score (nSPS) is 11.9. The van der Waals surface area contributed by atoms with Gasteiger partial charge in [0.1, 0.15) is 0 Å². The summed E-state index contributed by atoms with van der Waals surface area (Å²) in [5.41, 5.74) is 7.23. The Kier molecular flexibility index (Phi) is 6.27. The van der Waals surface area contributed by atoms with Crippen LogP contribution in [0, 0.1) is 6.92 Å². The van der Waals surface area contributed by atoms with Crippen molar-refractivity contribution < 1.29 is 0 Å². The number of thioether (sulfide) groups is 1. The van der Waals surface area contributed by atoms with Crippen LogP contribution < -0.4 is 11.3 Å². The minimum Gasteiger partial charge on any atom is -0.334 e. The Morgan fingerprint density at radius 3 is 2.78 bits per heavy atom. The first-order valence-corrected chi connectivity index (χ1v) is 9.52. The molecule has 3 N–H and O–H groups in total. The summed E-state index contributed by atoms with van der Waals surface area (Å²) >= 11 is 1.53. The maximum absolute atomic E-state index is 6.07. The second kappa shape index (κ2) is 9.05. The lowest BCUT2D eigenvalue weighted by atomic mass is 10.2. The van der Waals surface area contributed by atoms with Crippen molar-refractivity contribution in [2.45, 2.75) is 24.8 Å². The van der Waals surface area contributed by atoms with E-state index in [1.54, 1.807) is 0 Å². The fourth-order valence-corrected chi connectivity index (χ4v) is 3.16. The number of hydrogen-bond acceptors (Lipinski definition) is 6. The first-order valence-electron chi connectivity index (χ1n) is 8.54. The minimum atomic E-state index is 0.397. The predicted octanol–water partition coefficient (Wildman–Crippen LogP) is 4.09. The highest BCUT2D eigenvalue weighted by Gasteiger charge is 2.09. The maximum Gasteiger partial charge on any atom is 0.264 e. The Labute approximate surface area is 163 Å². The molecule has 0 unspecified atom stereocenters. The third-order valence-corrected chi connectivity index (χ3v) is 4.78. The molecule has 0 spiro atoms. The van der Waals surface area contributed by atoms with E-state index in [1.807, 2.05) is 55.5 Å². The number of anilines is 1. The van der Waals surface area contributed by atoms with Gasteiger partial charge in [0.2, 0.25) is 5.16 Å². The molecule has 0 fully saturated rings. The molecule has 0 saturated heterocycles. The van der Waals surface area contributed by atoms with Crippen LogP contribution in [-0.4, -0.2) is 20.6 Å². The fourth-order valence-electron chi connectivity index (χ4n) is 2.36. The van der Waals surface area contributed by atoms with E-state index < -0.39 is 0 Å². The molecule has 2 aromatic carbocycles. The van der Waals surface area contributed by atoms with Crippen LogP contribution in [0.15, 0.2) is 70.9 Å². The van der Waals surface area contributed by atoms with E-state index in [0.717, 1.165) is 17.0 Å². The first-order chi connectivity index (χ1) is 13.1. The number of allylic oxidation sites excluding steroid dienone is 1. The molecule has 0 aliphatic heterocycles. The Balaban J connectivity index is 1.59. The third-order valence-electron chi connectivity index (χ3n) is 3.76. The number of nitrogens with zero attached hydrogens (tertiary/aromatic N) is 4. The van der Waals surface area contributed by atoms with Gasteiger partial charge in [-0.2, -0.15) is 5.10 Å². The van der Waals surface area contributed by atoms with Crippen LogP contribution in [0.3, 0.4) is 0 Å². The smallest absolute Gasteiger partial charge is 0.264 e. The average Bonchev–Trinajstić information content (AvgIpc) is 3.03. The number of rotatable bonds is 7. The van der Waals surface area contributed by atoms with Gasteiger partial charge in [0.25, 0.3) is 5.95 Å². The molecule has 7 heteroatoms. The molecule has 138 valence electrons. The molecule has 0 bridgehead atoms. The molecule has 27 heavy (non-hydrogen) atoms. The van der Waals surface area contributed by atoms with Gasteiger partial charge in [-0.05, 0) is 31.1 Å². The summed E-state index contributed by atoms with van der Waals surface area (Å²) < 4.78 is 1.41. The number of aryl methyl sites for hydroxylation is 1. The quantitative estimate of drug-likeness (QED) is 0.280. The van der Waals surface area contributed by atoms with Gasteiger partial charge in [0.15, 0.2) is 0 Å². The summed E-state index contributed by atoms with van der Waals surface area (Å²) in [6.45, 7) is 3.98. The van der Waals surface area contributed by atoms with Crippen LogP contribution in [0.2, 0.25) is 0 Å². The van der Waals surface area contributed by atoms with E-state index in [0.29, 0.717) is 11.1 Å². The van der Waals surface area contributed by atoms with Crippen molar-refractivity contribution in [1.29, 1.82) is 0 Å². The number of hydrazone groups is 1. The standard InChI is InChI=1S/C20H22N6S/c1-15-7-6-10-18(13-15)14-27-20-25-24-19(26(20)21)23-22-16(2)11-12-17-8-4-3-5-9-17/h3-13H,14,21H2,1-2H3,(H,23,24)/b12-11+,22-16+. The summed E-state index contributed by atoms with van der Waals surface area (Å²) in [5, 5.41) is 13.1. The lowest BCUT2D eigenvalue weighted by molar-refractivity contribution is 0.846. The van der Waals surface area contributed by atoms with Gasteiger partial charge >= 0.3 is 0 Å². The van der Waals surface area contributed by atoms with Crippen LogP contribution in [0.5, 0.6) is 0 Å². The van der Waals surface area contributed by atoms with Crippen LogP contribution >= 0.6 is 11.8 Å². The predicted molar refractivity (Wildman–Crippen MR) is 113 cm³/mol. The topological polar surface area (TPSA) is 81.1 Å². The Bertz CT molecular complexity index is 946. The zero-order valence-electron chi connectivity index (χ0n) is 15.3. The van der Waals surface area contributed by atoms with Crippen LogP contribution in [0.4, 0.5) is 5.95 Å². The van der Waals surface area contributed by atoms with Crippen molar-refractivity contribution in [3.05, 3.63) is 77.4 Å². The van der Waals surface area contributed by atoms with Gasteiger partial charge in [-0.3, -0.25) is 0 Å². The maximum atomic E-state index is 6.07. The lowest BCUT2D eigenvalue weighted by Gasteiger charge is -2.04. The Morgan fingerprint density at radius 1 is 1.19 bits per heavy atom. The van der Waals surface area contributed by atoms with E-state index in [9.17, 15) is 0 Å². The van der Waals surface area contributed by atoms with E-state index in [-0.39, 0.29) is 0 Å². The highest BCUT2D eigenvalue weighted by atomic mass is 32.2. The van der Waals surface area contributed by atoms with Gasteiger partial charge in [0.05, 0.1) is 5.71 Å². The lowest BCUT2D eigenvalue weighted by Crippen LogP contribution is -2.13. The molecular formula is C20H22N6S. The van der Waals surface area contributed by atoms with Gasteiger partial charge in [-0.25, -0.2) is 10.1 Å². The number of benzene rings is 2. The van der Waals surface area contributed by atoms with Crippen molar-refractivity contribution in [1.82, 2.24) is 14.9 Å². The highest BCUT2D eigenvalue weighted by Crippen LogP contribution is 2.22. The zero-order chi connectivity index (χ0) is 19.1. The van der Waals surface area contributed by atoms with Gasteiger partial charge in [-0.1, -0.05) is 78.0 Å². The zero-order valence-corrected chi connectivity index (χ0v) is 16.1.